The number of carbonyl (C=O) groups excluding carboxylic acids is 1. The second-order valence-electron chi connectivity index (χ2n) is 8.70. The second-order valence-corrected chi connectivity index (χ2v) is 8.70. The summed E-state index contributed by atoms with van der Waals surface area (Å²) in [6.45, 7) is 4.27. The lowest BCUT2D eigenvalue weighted by Gasteiger charge is -2.38. The Kier molecular flexibility index (Phi) is 7.92. The first-order valence-corrected chi connectivity index (χ1v) is 12.0. The van der Waals surface area contributed by atoms with E-state index in [1.54, 1.807) is 0 Å². The van der Waals surface area contributed by atoms with Gasteiger partial charge in [-0.2, -0.15) is 0 Å². The van der Waals surface area contributed by atoms with E-state index >= 15 is 0 Å². The molecule has 1 amide bonds. The minimum Gasteiger partial charge on any atom is -0.459 e. The standard InChI is InChI=1S/C25H35NO6/c1-2-29-25-19(9-8-14-27)20(18-10-11-21-22(15-18)31-17-30-21)16-23(32-25)24(28)26-12-6-4-3-5-7-13-26/h10-11,15-16,19-20,25,27H,2-9,12-14,17H2,1H3/t19-,20-,25-/m0/s1. The van der Waals surface area contributed by atoms with Gasteiger partial charge < -0.3 is 29.0 Å². The highest BCUT2D eigenvalue weighted by molar-refractivity contribution is 5.91. The molecule has 1 fully saturated rings. The minimum atomic E-state index is -0.541. The molecule has 0 aliphatic carbocycles. The van der Waals surface area contributed by atoms with Gasteiger partial charge in [0.05, 0.1) is 0 Å². The summed E-state index contributed by atoms with van der Waals surface area (Å²) in [5.41, 5.74) is 1.03. The van der Waals surface area contributed by atoms with Crippen LogP contribution < -0.4 is 9.47 Å². The fraction of sp³-hybridized carbons (Fsp3) is 0.640. The van der Waals surface area contributed by atoms with Crippen molar-refractivity contribution in [3.05, 3.63) is 35.6 Å². The van der Waals surface area contributed by atoms with Gasteiger partial charge >= 0.3 is 0 Å². The number of ether oxygens (including phenoxy) is 4. The van der Waals surface area contributed by atoms with Crippen molar-refractivity contribution < 1.29 is 28.8 Å². The van der Waals surface area contributed by atoms with E-state index in [1.165, 1.54) is 6.42 Å². The molecule has 0 bridgehead atoms. The van der Waals surface area contributed by atoms with Crippen LogP contribution in [0.5, 0.6) is 11.5 Å². The van der Waals surface area contributed by atoms with E-state index in [4.69, 9.17) is 18.9 Å². The Balaban J connectivity index is 1.65. The molecule has 7 nitrogen and oxygen atoms in total. The number of aliphatic hydroxyl groups excluding tert-OH is 1. The smallest absolute Gasteiger partial charge is 0.288 e. The third-order valence-corrected chi connectivity index (χ3v) is 6.55. The Morgan fingerprint density at radius 3 is 2.62 bits per heavy atom. The highest BCUT2D eigenvalue weighted by Crippen LogP contribution is 2.43. The van der Waals surface area contributed by atoms with Crippen molar-refractivity contribution in [3.63, 3.8) is 0 Å². The van der Waals surface area contributed by atoms with Gasteiger partial charge in [-0.3, -0.25) is 4.79 Å². The van der Waals surface area contributed by atoms with Crippen LogP contribution in [0.15, 0.2) is 30.0 Å². The first-order valence-electron chi connectivity index (χ1n) is 12.0. The predicted octanol–water partition coefficient (Wildman–Crippen LogP) is 3.96. The van der Waals surface area contributed by atoms with Gasteiger partial charge in [0.1, 0.15) is 0 Å². The van der Waals surface area contributed by atoms with Crippen LogP contribution in [-0.2, 0) is 14.3 Å². The molecule has 3 aliphatic rings. The lowest BCUT2D eigenvalue weighted by atomic mass is 9.80. The number of amides is 1. The zero-order valence-electron chi connectivity index (χ0n) is 19.0. The Bertz CT molecular complexity index is 802. The highest BCUT2D eigenvalue weighted by atomic mass is 16.7. The summed E-state index contributed by atoms with van der Waals surface area (Å²) in [7, 11) is 0. The normalized spacial score (nSPS) is 25.5. The average molecular weight is 446 g/mol. The zero-order valence-corrected chi connectivity index (χ0v) is 19.0. The molecular weight excluding hydrogens is 410 g/mol. The molecule has 3 heterocycles. The summed E-state index contributed by atoms with van der Waals surface area (Å²) in [5.74, 6) is 1.65. The molecule has 3 atom stereocenters. The van der Waals surface area contributed by atoms with Gasteiger partial charge in [-0.05, 0) is 56.4 Å². The Morgan fingerprint density at radius 2 is 1.88 bits per heavy atom. The molecule has 4 rings (SSSR count). The van der Waals surface area contributed by atoms with Gasteiger partial charge in [0.2, 0.25) is 13.1 Å². The van der Waals surface area contributed by atoms with Crippen molar-refractivity contribution in [1.82, 2.24) is 4.90 Å². The SMILES string of the molecule is CCO[C@H]1OC(C(=O)N2CCCCCCC2)=C[C@@H](c2ccc3c(c2)OCO3)[C@@H]1CCCO. The molecule has 7 heteroatoms. The number of rotatable bonds is 7. The molecule has 1 aromatic rings. The molecule has 0 unspecified atom stereocenters. The van der Waals surface area contributed by atoms with Crippen LogP contribution in [0.4, 0.5) is 0 Å². The summed E-state index contributed by atoms with van der Waals surface area (Å²) in [4.78, 5) is 15.4. The summed E-state index contributed by atoms with van der Waals surface area (Å²) < 4.78 is 23.2. The summed E-state index contributed by atoms with van der Waals surface area (Å²) in [6, 6.07) is 5.93. The quantitative estimate of drug-likeness (QED) is 0.685. The Labute approximate surface area is 190 Å². The number of hydrogen-bond donors (Lipinski definition) is 1. The lowest BCUT2D eigenvalue weighted by Crippen LogP contribution is -2.41. The first kappa shape index (κ1) is 22.9. The van der Waals surface area contributed by atoms with Gasteiger partial charge in [-0.25, -0.2) is 0 Å². The topological polar surface area (TPSA) is 77.5 Å². The maximum absolute atomic E-state index is 13.4. The van der Waals surface area contributed by atoms with Crippen molar-refractivity contribution in [1.29, 1.82) is 0 Å². The molecule has 0 aromatic heterocycles. The number of aliphatic hydroxyl groups is 1. The maximum Gasteiger partial charge on any atom is 0.288 e. The van der Waals surface area contributed by atoms with Crippen molar-refractivity contribution >= 4 is 5.91 Å². The van der Waals surface area contributed by atoms with Crippen LogP contribution in [-0.4, -0.2) is 55.3 Å². The van der Waals surface area contributed by atoms with E-state index in [1.807, 2.05) is 36.1 Å². The number of carbonyl (C=O) groups is 1. The van der Waals surface area contributed by atoms with Crippen LogP contribution in [0.1, 0.15) is 63.4 Å². The van der Waals surface area contributed by atoms with E-state index in [2.05, 4.69) is 0 Å². The third-order valence-electron chi connectivity index (χ3n) is 6.55. The number of fused-ring (bicyclic) bond motifs is 1. The molecule has 0 radical (unpaired) electrons. The van der Waals surface area contributed by atoms with Crippen LogP contribution in [0.2, 0.25) is 0 Å². The molecule has 1 saturated heterocycles. The number of likely N-dealkylation sites (tertiary alicyclic amines) is 1. The minimum absolute atomic E-state index is 0.0219. The van der Waals surface area contributed by atoms with E-state index in [9.17, 15) is 9.90 Å². The van der Waals surface area contributed by atoms with E-state index in [-0.39, 0.29) is 31.1 Å². The molecule has 32 heavy (non-hydrogen) atoms. The fourth-order valence-corrected chi connectivity index (χ4v) is 4.86. The van der Waals surface area contributed by atoms with Gasteiger partial charge in [0.25, 0.3) is 5.91 Å². The van der Waals surface area contributed by atoms with Gasteiger partial charge in [-0.1, -0.05) is 25.3 Å². The maximum atomic E-state index is 13.4. The van der Waals surface area contributed by atoms with Crippen LogP contribution >= 0.6 is 0 Å². The largest absolute Gasteiger partial charge is 0.459 e. The molecular formula is C25H35NO6. The molecule has 176 valence electrons. The predicted molar refractivity (Wildman–Crippen MR) is 119 cm³/mol. The van der Waals surface area contributed by atoms with Crippen LogP contribution in [0.3, 0.4) is 0 Å². The van der Waals surface area contributed by atoms with Crippen LogP contribution in [0, 0.1) is 5.92 Å². The summed E-state index contributed by atoms with van der Waals surface area (Å²) in [5, 5.41) is 9.46. The third kappa shape index (κ3) is 5.21. The van der Waals surface area contributed by atoms with Crippen molar-refractivity contribution in [3.8, 4) is 11.5 Å². The molecule has 0 saturated carbocycles. The van der Waals surface area contributed by atoms with E-state index < -0.39 is 6.29 Å². The monoisotopic (exact) mass is 445 g/mol. The van der Waals surface area contributed by atoms with Crippen molar-refractivity contribution in [2.45, 2.75) is 64.1 Å². The average Bonchev–Trinajstić information content (AvgIpc) is 3.25. The lowest BCUT2D eigenvalue weighted by molar-refractivity contribution is -0.170. The number of allylic oxidation sites excluding steroid dienone is 1. The molecule has 3 aliphatic heterocycles. The first-order chi connectivity index (χ1) is 15.7. The number of nitrogens with zero attached hydrogens (tertiary/aromatic N) is 1. The molecule has 1 aromatic carbocycles. The van der Waals surface area contributed by atoms with Crippen LogP contribution in [0.25, 0.3) is 0 Å². The number of hydrogen-bond acceptors (Lipinski definition) is 6. The highest BCUT2D eigenvalue weighted by Gasteiger charge is 2.39. The van der Waals surface area contributed by atoms with Gasteiger partial charge in [0.15, 0.2) is 17.3 Å². The van der Waals surface area contributed by atoms with Crippen molar-refractivity contribution in [2.24, 2.45) is 5.92 Å². The Morgan fingerprint density at radius 1 is 1.12 bits per heavy atom. The van der Waals surface area contributed by atoms with Crippen molar-refractivity contribution in [2.75, 3.05) is 33.1 Å². The summed E-state index contributed by atoms with van der Waals surface area (Å²) in [6.07, 6.45) is 8.40. The molecule has 1 N–H and O–H groups in total. The fourth-order valence-electron chi connectivity index (χ4n) is 4.86. The van der Waals surface area contributed by atoms with Gasteiger partial charge in [0, 0.05) is 38.1 Å². The van der Waals surface area contributed by atoms with E-state index in [0.29, 0.717) is 24.5 Å². The zero-order chi connectivity index (χ0) is 22.3. The van der Waals surface area contributed by atoms with Gasteiger partial charge in [-0.15, -0.1) is 0 Å². The Hall–Kier alpha value is -2.25. The second kappa shape index (κ2) is 11.1. The number of benzene rings is 1. The van der Waals surface area contributed by atoms with E-state index in [0.717, 1.165) is 56.5 Å². The molecule has 0 spiro atoms. The summed E-state index contributed by atoms with van der Waals surface area (Å²) >= 11 is 0.